The topological polar surface area (TPSA) is 45.8 Å². The van der Waals surface area contributed by atoms with Crippen LogP contribution in [0.25, 0.3) is 0 Å². The Morgan fingerprint density at radius 1 is 0.870 bits per heavy atom. The molecule has 2 aromatic carbocycles. The standard InChI is InChI=1S/C17H21N3O2S/c1-20(2)14-7-5-12(6-8-14)18-17(23)19-13-9-15(21-3)11-16(10-13)22-4/h5-11H,1-4H3,(H2,18,19,23). The highest BCUT2D eigenvalue weighted by molar-refractivity contribution is 7.80. The molecular formula is C17H21N3O2S. The van der Waals surface area contributed by atoms with Gasteiger partial charge in [0.2, 0.25) is 0 Å². The summed E-state index contributed by atoms with van der Waals surface area (Å²) in [7, 11) is 7.23. The van der Waals surface area contributed by atoms with E-state index in [4.69, 9.17) is 21.7 Å². The summed E-state index contributed by atoms with van der Waals surface area (Å²) in [6.07, 6.45) is 0. The molecule has 2 N–H and O–H groups in total. The van der Waals surface area contributed by atoms with E-state index in [1.165, 1.54) is 0 Å². The highest BCUT2D eigenvalue weighted by Crippen LogP contribution is 2.26. The number of thiocarbonyl (C=S) groups is 1. The summed E-state index contributed by atoms with van der Waals surface area (Å²) in [5.74, 6) is 1.40. The Morgan fingerprint density at radius 3 is 1.87 bits per heavy atom. The lowest BCUT2D eigenvalue weighted by Gasteiger charge is -2.15. The summed E-state index contributed by atoms with van der Waals surface area (Å²) >= 11 is 5.35. The molecule has 2 rings (SSSR count). The van der Waals surface area contributed by atoms with Gasteiger partial charge in [-0.3, -0.25) is 0 Å². The zero-order valence-electron chi connectivity index (χ0n) is 13.7. The fraction of sp³-hybridized carbons (Fsp3) is 0.235. The molecule has 2 aromatic rings. The minimum absolute atomic E-state index is 0.498. The first-order chi connectivity index (χ1) is 11.0. The first kappa shape index (κ1) is 16.9. The molecule has 5 nitrogen and oxygen atoms in total. The van der Waals surface area contributed by atoms with Crippen molar-refractivity contribution >= 4 is 34.4 Å². The Bertz CT molecular complexity index is 650. The van der Waals surface area contributed by atoms with E-state index < -0.39 is 0 Å². The molecule has 0 spiro atoms. The molecule has 0 bridgehead atoms. The molecule has 0 unspecified atom stereocenters. The number of anilines is 3. The largest absolute Gasteiger partial charge is 0.497 e. The van der Waals surface area contributed by atoms with E-state index in [2.05, 4.69) is 10.6 Å². The van der Waals surface area contributed by atoms with E-state index >= 15 is 0 Å². The Balaban J connectivity index is 2.04. The average Bonchev–Trinajstić information content (AvgIpc) is 2.54. The maximum atomic E-state index is 5.35. The molecule has 0 aliphatic carbocycles. The van der Waals surface area contributed by atoms with Crippen LogP contribution in [0, 0.1) is 0 Å². The van der Waals surface area contributed by atoms with Crippen molar-refractivity contribution in [2.45, 2.75) is 0 Å². The quantitative estimate of drug-likeness (QED) is 0.817. The maximum absolute atomic E-state index is 5.35. The first-order valence-electron chi connectivity index (χ1n) is 7.10. The second-order valence-electron chi connectivity index (χ2n) is 5.12. The lowest BCUT2D eigenvalue weighted by molar-refractivity contribution is 0.395. The molecule has 0 aliphatic heterocycles. The van der Waals surface area contributed by atoms with Crippen molar-refractivity contribution in [3.63, 3.8) is 0 Å². The highest BCUT2D eigenvalue weighted by Gasteiger charge is 2.04. The van der Waals surface area contributed by atoms with Crippen LogP contribution in [0.1, 0.15) is 0 Å². The Morgan fingerprint density at radius 2 is 1.39 bits per heavy atom. The molecular weight excluding hydrogens is 310 g/mol. The second kappa shape index (κ2) is 7.69. The summed E-state index contributed by atoms with van der Waals surface area (Å²) in [5.41, 5.74) is 2.85. The summed E-state index contributed by atoms with van der Waals surface area (Å²) in [6, 6.07) is 13.5. The van der Waals surface area contributed by atoms with Gasteiger partial charge in [0.05, 0.1) is 14.2 Å². The molecule has 0 fully saturated rings. The van der Waals surface area contributed by atoms with Gasteiger partial charge in [-0.05, 0) is 36.5 Å². The van der Waals surface area contributed by atoms with Crippen molar-refractivity contribution in [1.82, 2.24) is 0 Å². The maximum Gasteiger partial charge on any atom is 0.175 e. The number of nitrogens with one attached hydrogen (secondary N) is 2. The van der Waals surface area contributed by atoms with Gasteiger partial charge in [0.15, 0.2) is 5.11 Å². The van der Waals surface area contributed by atoms with Gasteiger partial charge in [0.1, 0.15) is 11.5 Å². The van der Waals surface area contributed by atoms with Crippen molar-refractivity contribution in [3.8, 4) is 11.5 Å². The smallest absolute Gasteiger partial charge is 0.175 e. The van der Waals surface area contributed by atoms with E-state index in [9.17, 15) is 0 Å². The zero-order chi connectivity index (χ0) is 16.8. The molecule has 0 atom stereocenters. The van der Waals surface area contributed by atoms with Crippen molar-refractivity contribution in [2.75, 3.05) is 43.8 Å². The Kier molecular flexibility index (Phi) is 5.65. The van der Waals surface area contributed by atoms with Gasteiger partial charge in [-0.1, -0.05) is 0 Å². The third kappa shape index (κ3) is 4.75. The molecule has 23 heavy (non-hydrogen) atoms. The van der Waals surface area contributed by atoms with Gasteiger partial charge in [0, 0.05) is 49.4 Å². The fourth-order valence-corrected chi connectivity index (χ4v) is 2.25. The molecule has 0 aliphatic rings. The normalized spacial score (nSPS) is 9.91. The lowest BCUT2D eigenvalue weighted by atomic mass is 10.2. The van der Waals surface area contributed by atoms with Crippen LogP contribution in [0.3, 0.4) is 0 Å². The zero-order valence-corrected chi connectivity index (χ0v) is 14.5. The van der Waals surface area contributed by atoms with Gasteiger partial charge < -0.3 is 25.0 Å². The Hall–Kier alpha value is -2.47. The molecule has 0 aromatic heterocycles. The third-order valence-electron chi connectivity index (χ3n) is 3.25. The average molecular weight is 331 g/mol. The summed E-state index contributed by atoms with van der Waals surface area (Å²) < 4.78 is 10.5. The van der Waals surface area contributed by atoms with Crippen molar-refractivity contribution in [1.29, 1.82) is 0 Å². The van der Waals surface area contributed by atoms with E-state index in [-0.39, 0.29) is 0 Å². The lowest BCUT2D eigenvalue weighted by Crippen LogP contribution is -2.19. The fourth-order valence-electron chi connectivity index (χ4n) is 2.02. The molecule has 6 heteroatoms. The van der Waals surface area contributed by atoms with Crippen molar-refractivity contribution in [3.05, 3.63) is 42.5 Å². The molecule has 122 valence electrons. The second-order valence-corrected chi connectivity index (χ2v) is 5.53. The Labute approximate surface area is 142 Å². The third-order valence-corrected chi connectivity index (χ3v) is 3.46. The van der Waals surface area contributed by atoms with Crippen molar-refractivity contribution in [2.24, 2.45) is 0 Å². The minimum atomic E-state index is 0.498. The van der Waals surface area contributed by atoms with Gasteiger partial charge in [0.25, 0.3) is 0 Å². The van der Waals surface area contributed by atoms with E-state index in [1.807, 2.05) is 61.5 Å². The van der Waals surface area contributed by atoms with Crippen LogP contribution in [-0.4, -0.2) is 33.4 Å². The van der Waals surface area contributed by atoms with Crippen LogP contribution in [0.15, 0.2) is 42.5 Å². The summed E-state index contributed by atoms with van der Waals surface area (Å²) in [4.78, 5) is 2.04. The van der Waals surface area contributed by atoms with E-state index in [0.29, 0.717) is 16.6 Å². The number of methoxy groups -OCH3 is 2. The van der Waals surface area contributed by atoms with Gasteiger partial charge in [-0.15, -0.1) is 0 Å². The number of hydrogen-bond donors (Lipinski definition) is 2. The van der Waals surface area contributed by atoms with Gasteiger partial charge >= 0.3 is 0 Å². The van der Waals surface area contributed by atoms with Crippen LogP contribution in [0.4, 0.5) is 17.1 Å². The van der Waals surface area contributed by atoms with Crippen LogP contribution in [-0.2, 0) is 0 Å². The SMILES string of the molecule is COc1cc(NC(=S)Nc2ccc(N(C)C)cc2)cc(OC)c1. The van der Waals surface area contributed by atoms with Crippen LogP contribution in [0.2, 0.25) is 0 Å². The van der Waals surface area contributed by atoms with Crippen LogP contribution >= 0.6 is 12.2 Å². The van der Waals surface area contributed by atoms with Crippen molar-refractivity contribution < 1.29 is 9.47 Å². The predicted octanol–water partition coefficient (Wildman–Crippen LogP) is 3.58. The number of hydrogen-bond acceptors (Lipinski definition) is 4. The number of rotatable bonds is 5. The van der Waals surface area contributed by atoms with Gasteiger partial charge in [-0.2, -0.15) is 0 Å². The van der Waals surface area contributed by atoms with Crippen LogP contribution in [0.5, 0.6) is 11.5 Å². The highest BCUT2D eigenvalue weighted by atomic mass is 32.1. The number of benzene rings is 2. The number of ether oxygens (including phenoxy) is 2. The summed E-state index contributed by atoms with van der Waals surface area (Å²) in [6.45, 7) is 0. The minimum Gasteiger partial charge on any atom is -0.497 e. The molecule has 0 saturated heterocycles. The number of nitrogens with zero attached hydrogens (tertiary/aromatic N) is 1. The summed E-state index contributed by atoms with van der Waals surface area (Å²) in [5, 5.41) is 6.78. The molecule has 0 radical (unpaired) electrons. The van der Waals surface area contributed by atoms with Crippen LogP contribution < -0.4 is 25.0 Å². The van der Waals surface area contributed by atoms with E-state index in [1.54, 1.807) is 14.2 Å². The molecule has 0 saturated carbocycles. The first-order valence-corrected chi connectivity index (χ1v) is 7.51. The monoisotopic (exact) mass is 331 g/mol. The molecule has 0 amide bonds. The molecule has 0 heterocycles. The van der Waals surface area contributed by atoms with Gasteiger partial charge in [-0.25, -0.2) is 0 Å². The van der Waals surface area contributed by atoms with E-state index in [0.717, 1.165) is 17.1 Å². The predicted molar refractivity (Wildman–Crippen MR) is 100 cm³/mol.